The van der Waals surface area contributed by atoms with E-state index in [1.807, 2.05) is 13.8 Å². The Labute approximate surface area is 160 Å². The molecule has 8 nitrogen and oxygen atoms in total. The maximum Gasteiger partial charge on any atom is 0.428 e. The summed E-state index contributed by atoms with van der Waals surface area (Å²) in [5.41, 5.74) is -0.512. The average molecular weight is 392 g/mol. The zero-order chi connectivity index (χ0) is 20.1. The van der Waals surface area contributed by atoms with Crippen molar-refractivity contribution in [1.82, 2.24) is 14.1 Å². The minimum absolute atomic E-state index is 0.00740. The number of fused-ring (bicyclic) bond motifs is 1. The Hall–Kier alpha value is -2.42. The van der Waals surface area contributed by atoms with Crippen LogP contribution in [0, 0.1) is 6.92 Å². The second kappa shape index (κ2) is 6.63. The van der Waals surface area contributed by atoms with Crippen molar-refractivity contribution < 1.29 is 9.90 Å². The van der Waals surface area contributed by atoms with Gasteiger partial charge in [-0.2, -0.15) is 10.1 Å². The van der Waals surface area contributed by atoms with Crippen LogP contribution in [-0.2, 0) is 6.54 Å². The highest BCUT2D eigenvalue weighted by molar-refractivity contribution is 7.20. The average Bonchev–Trinajstić information content (AvgIpc) is 3.31. The van der Waals surface area contributed by atoms with Crippen molar-refractivity contribution in [2.45, 2.75) is 65.6 Å². The molecule has 1 N–H and O–H groups in total. The second-order valence-corrected chi connectivity index (χ2v) is 8.75. The van der Waals surface area contributed by atoms with Crippen molar-refractivity contribution in [3.8, 4) is 0 Å². The zero-order valence-electron chi connectivity index (χ0n) is 16.1. The van der Waals surface area contributed by atoms with Gasteiger partial charge in [-0.1, -0.05) is 0 Å². The monoisotopic (exact) mass is 392 g/mol. The van der Waals surface area contributed by atoms with Crippen LogP contribution in [0.3, 0.4) is 0 Å². The van der Waals surface area contributed by atoms with Gasteiger partial charge in [0.2, 0.25) is 0 Å². The normalized spacial score (nSPS) is 15.0. The predicted octanol–water partition coefficient (Wildman–Crippen LogP) is 3.00. The smallest absolute Gasteiger partial charge is 0.428 e. The molecule has 1 amide bonds. The highest BCUT2D eigenvalue weighted by Gasteiger charge is 2.30. The molecule has 0 aromatic carbocycles. The zero-order valence-corrected chi connectivity index (χ0v) is 17.0. The number of hydrogen-bond acceptors (Lipinski definition) is 5. The van der Waals surface area contributed by atoms with Crippen LogP contribution in [-0.4, -0.2) is 37.1 Å². The molecule has 2 aromatic rings. The van der Waals surface area contributed by atoms with E-state index in [1.165, 1.54) is 22.1 Å². The molecule has 1 aliphatic carbocycles. The molecule has 2 aromatic heterocycles. The Balaban J connectivity index is 2.19. The summed E-state index contributed by atoms with van der Waals surface area (Å²) in [5.74, 6) is 0. The molecule has 0 aliphatic heterocycles. The first kappa shape index (κ1) is 19.3. The molecule has 0 radical (unpaired) electrons. The van der Waals surface area contributed by atoms with Crippen LogP contribution in [0.1, 0.15) is 57.0 Å². The fourth-order valence-electron chi connectivity index (χ4n) is 3.06. The lowest BCUT2D eigenvalue weighted by atomic mass is 10.1. The van der Waals surface area contributed by atoms with Crippen LogP contribution in [0.4, 0.5) is 4.79 Å². The van der Waals surface area contributed by atoms with Gasteiger partial charge in [-0.15, -0.1) is 11.3 Å². The van der Waals surface area contributed by atoms with Gasteiger partial charge in [0.25, 0.3) is 5.56 Å². The standard InChI is InChI=1S/C18H24N4O4S/c1-6-20-15-13(14(23)21(16(20)24)11-7-8-11)10(2)12(27-15)9-19-22(17(25)26)18(3,4)5/h9,11H,6-8H2,1-5H3,(H,25,26)/b19-9-. The van der Waals surface area contributed by atoms with Crippen LogP contribution < -0.4 is 11.2 Å². The summed E-state index contributed by atoms with van der Waals surface area (Å²) in [6, 6.07) is -0.00740. The molecule has 1 fully saturated rings. The minimum Gasteiger partial charge on any atom is -0.464 e. The lowest BCUT2D eigenvalue weighted by molar-refractivity contribution is 0.103. The number of hydrogen-bond donors (Lipinski definition) is 1. The van der Waals surface area contributed by atoms with Crippen molar-refractivity contribution in [1.29, 1.82) is 0 Å². The van der Waals surface area contributed by atoms with Crippen LogP contribution in [0.5, 0.6) is 0 Å². The topological polar surface area (TPSA) is 96.9 Å². The SMILES string of the molecule is CCn1c(=O)n(C2CC2)c(=O)c2c(C)c(/C=N\N(C(=O)O)C(C)(C)C)sc21. The predicted molar refractivity (Wildman–Crippen MR) is 106 cm³/mol. The van der Waals surface area contributed by atoms with E-state index in [2.05, 4.69) is 5.10 Å². The number of rotatable bonds is 4. The number of carboxylic acid groups (broad SMARTS) is 1. The third-order valence-corrected chi connectivity index (χ3v) is 5.86. The molecule has 27 heavy (non-hydrogen) atoms. The van der Waals surface area contributed by atoms with Crippen molar-refractivity contribution in [2.75, 3.05) is 0 Å². The second-order valence-electron chi connectivity index (χ2n) is 7.71. The quantitative estimate of drug-likeness (QED) is 0.639. The summed E-state index contributed by atoms with van der Waals surface area (Å²) in [5, 5.41) is 15.0. The van der Waals surface area contributed by atoms with Gasteiger partial charge in [-0.3, -0.25) is 13.9 Å². The van der Waals surface area contributed by atoms with Crippen molar-refractivity contribution in [2.24, 2.45) is 5.10 Å². The van der Waals surface area contributed by atoms with E-state index in [0.29, 0.717) is 21.6 Å². The number of aromatic nitrogens is 2. The molecule has 0 unspecified atom stereocenters. The Bertz CT molecular complexity index is 1050. The minimum atomic E-state index is -1.15. The fourth-order valence-corrected chi connectivity index (χ4v) is 4.28. The highest BCUT2D eigenvalue weighted by Crippen LogP contribution is 2.34. The molecule has 9 heteroatoms. The number of carbonyl (C=O) groups is 1. The molecule has 0 bridgehead atoms. The van der Waals surface area contributed by atoms with E-state index in [9.17, 15) is 19.5 Å². The number of amides is 1. The van der Waals surface area contributed by atoms with E-state index in [-0.39, 0.29) is 17.3 Å². The van der Waals surface area contributed by atoms with Gasteiger partial charge < -0.3 is 5.11 Å². The van der Waals surface area contributed by atoms with Crippen molar-refractivity contribution in [3.05, 3.63) is 31.3 Å². The van der Waals surface area contributed by atoms with E-state index in [0.717, 1.165) is 23.4 Å². The van der Waals surface area contributed by atoms with Crippen LogP contribution in [0.2, 0.25) is 0 Å². The highest BCUT2D eigenvalue weighted by atomic mass is 32.1. The Kier molecular flexibility index (Phi) is 4.75. The van der Waals surface area contributed by atoms with Crippen LogP contribution in [0.15, 0.2) is 14.7 Å². The molecule has 2 heterocycles. The van der Waals surface area contributed by atoms with E-state index >= 15 is 0 Å². The van der Waals surface area contributed by atoms with Gasteiger partial charge in [0.05, 0.1) is 22.0 Å². The lowest BCUT2D eigenvalue weighted by Gasteiger charge is -2.27. The molecule has 0 atom stereocenters. The Morgan fingerprint density at radius 3 is 2.48 bits per heavy atom. The summed E-state index contributed by atoms with van der Waals surface area (Å²) < 4.78 is 2.98. The van der Waals surface area contributed by atoms with Crippen LogP contribution in [0.25, 0.3) is 10.2 Å². The van der Waals surface area contributed by atoms with Gasteiger partial charge >= 0.3 is 11.8 Å². The molecule has 0 spiro atoms. The van der Waals surface area contributed by atoms with Crippen LogP contribution >= 0.6 is 11.3 Å². The first-order chi connectivity index (χ1) is 12.6. The Morgan fingerprint density at radius 2 is 2.00 bits per heavy atom. The molecule has 3 rings (SSSR count). The van der Waals surface area contributed by atoms with Crippen molar-refractivity contribution in [3.63, 3.8) is 0 Å². The van der Waals surface area contributed by atoms with Gasteiger partial charge in [-0.05, 0) is 53.0 Å². The van der Waals surface area contributed by atoms with Gasteiger partial charge in [0.15, 0.2) is 0 Å². The number of aryl methyl sites for hydroxylation is 2. The summed E-state index contributed by atoms with van der Waals surface area (Å²) in [6.07, 6.45) is 2.01. The summed E-state index contributed by atoms with van der Waals surface area (Å²) in [7, 11) is 0. The Morgan fingerprint density at radius 1 is 1.37 bits per heavy atom. The molecule has 1 saturated carbocycles. The summed E-state index contributed by atoms with van der Waals surface area (Å²) >= 11 is 1.29. The van der Waals surface area contributed by atoms with E-state index in [4.69, 9.17) is 0 Å². The summed E-state index contributed by atoms with van der Waals surface area (Å²) in [6.45, 7) is 9.39. The number of hydrazone groups is 1. The molecule has 1 aliphatic rings. The molecular weight excluding hydrogens is 368 g/mol. The maximum atomic E-state index is 12.9. The van der Waals surface area contributed by atoms with E-state index in [1.54, 1.807) is 25.3 Å². The lowest BCUT2D eigenvalue weighted by Crippen LogP contribution is -2.41. The first-order valence-electron chi connectivity index (χ1n) is 8.93. The summed E-state index contributed by atoms with van der Waals surface area (Å²) in [4.78, 5) is 38.4. The van der Waals surface area contributed by atoms with Gasteiger partial charge in [0, 0.05) is 12.6 Å². The molecule has 0 saturated heterocycles. The third kappa shape index (κ3) is 3.31. The first-order valence-corrected chi connectivity index (χ1v) is 9.75. The molecule has 146 valence electrons. The van der Waals surface area contributed by atoms with Gasteiger partial charge in [-0.25, -0.2) is 9.59 Å². The number of nitrogens with zero attached hydrogens (tertiary/aromatic N) is 4. The van der Waals surface area contributed by atoms with E-state index < -0.39 is 11.6 Å². The van der Waals surface area contributed by atoms with Gasteiger partial charge in [0.1, 0.15) is 4.83 Å². The van der Waals surface area contributed by atoms with Crippen molar-refractivity contribution >= 4 is 33.9 Å². The number of thiophene rings is 1. The maximum absolute atomic E-state index is 12.9. The molecular formula is C18H24N4O4S. The largest absolute Gasteiger partial charge is 0.464 e. The fraction of sp³-hybridized carbons (Fsp3) is 0.556. The third-order valence-electron chi connectivity index (χ3n) is 4.62.